The number of amides is 1. The zero-order valence-electron chi connectivity index (χ0n) is 10.1. The summed E-state index contributed by atoms with van der Waals surface area (Å²) in [5, 5.41) is 10.6. The van der Waals surface area contributed by atoms with Gasteiger partial charge < -0.3 is 15.4 Å². The number of aromatic nitrogens is 2. The fourth-order valence-corrected chi connectivity index (χ4v) is 1.71. The number of nitrogens with zero attached hydrogens (tertiary/aromatic N) is 2. The minimum atomic E-state index is -4.49. The molecular weight excluding hydrogens is 285 g/mol. The summed E-state index contributed by atoms with van der Waals surface area (Å²) in [7, 11) is 1.52. The van der Waals surface area contributed by atoms with Crippen LogP contribution in [0.3, 0.4) is 0 Å². The zero-order valence-corrected chi connectivity index (χ0v) is 10.9. The molecule has 0 fully saturated rings. The molecule has 2 N–H and O–H groups in total. The van der Waals surface area contributed by atoms with E-state index in [-0.39, 0.29) is 24.0 Å². The molecule has 0 bridgehead atoms. The van der Waals surface area contributed by atoms with Crippen molar-refractivity contribution in [3.8, 4) is 0 Å². The molecule has 0 atom stereocenters. The highest BCUT2D eigenvalue weighted by molar-refractivity contribution is 7.15. The molecule has 1 aromatic rings. The number of halogens is 3. The smallest absolute Gasteiger partial charge is 0.383 e. The van der Waals surface area contributed by atoms with Gasteiger partial charge >= 0.3 is 6.18 Å². The molecule has 1 heterocycles. The molecule has 6 nitrogen and oxygen atoms in total. The Morgan fingerprint density at radius 3 is 2.68 bits per heavy atom. The van der Waals surface area contributed by atoms with Gasteiger partial charge in [0.05, 0.1) is 6.61 Å². The molecular formula is C9H13F3N4O2S. The van der Waals surface area contributed by atoms with Gasteiger partial charge in [-0.1, -0.05) is 11.3 Å². The van der Waals surface area contributed by atoms with Crippen LogP contribution in [0.15, 0.2) is 0 Å². The van der Waals surface area contributed by atoms with E-state index in [1.807, 2.05) is 0 Å². The molecule has 0 aliphatic heterocycles. The topological polar surface area (TPSA) is 76.1 Å². The Balaban J connectivity index is 2.26. The van der Waals surface area contributed by atoms with Gasteiger partial charge in [0.25, 0.3) is 0 Å². The van der Waals surface area contributed by atoms with Crippen molar-refractivity contribution in [1.82, 2.24) is 15.5 Å². The van der Waals surface area contributed by atoms with Gasteiger partial charge in [0.2, 0.25) is 16.0 Å². The second-order valence-electron chi connectivity index (χ2n) is 3.43. The number of anilines is 1. The van der Waals surface area contributed by atoms with Gasteiger partial charge in [0.15, 0.2) is 0 Å². The van der Waals surface area contributed by atoms with E-state index in [9.17, 15) is 18.0 Å². The normalized spacial score (nSPS) is 11.4. The predicted octanol–water partition coefficient (Wildman–Crippen LogP) is 1.12. The van der Waals surface area contributed by atoms with Crippen LogP contribution < -0.4 is 10.6 Å². The van der Waals surface area contributed by atoms with Crippen LogP contribution in [0.5, 0.6) is 0 Å². The minimum absolute atomic E-state index is 0.0389. The van der Waals surface area contributed by atoms with Crippen LogP contribution in [-0.2, 0) is 15.7 Å². The van der Waals surface area contributed by atoms with Crippen molar-refractivity contribution < 1.29 is 22.7 Å². The average molecular weight is 298 g/mol. The Morgan fingerprint density at radius 1 is 1.37 bits per heavy atom. The van der Waals surface area contributed by atoms with Gasteiger partial charge in [-0.25, -0.2) is 0 Å². The van der Waals surface area contributed by atoms with Crippen LogP contribution in [0.2, 0.25) is 0 Å². The molecule has 108 valence electrons. The van der Waals surface area contributed by atoms with Crippen LogP contribution in [-0.4, -0.2) is 42.9 Å². The minimum Gasteiger partial charge on any atom is -0.383 e. The SMILES string of the molecule is COCCNC(=O)CCNc1nnc(C(F)(F)F)s1. The first-order chi connectivity index (χ1) is 8.93. The predicted molar refractivity (Wildman–Crippen MR) is 62.9 cm³/mol. The van der Waals surface area contributed by atoms with E-state index in [1.54, 1.807) is 0 Å². The first kappa shape index (κ1) is 15.6. The third kappa shape index (κ3) is 5.83. The first-order valence-electron chi connectivity index (χ1n) is 5.33. The van der Waals surface area contributed by atoms with Crippen molar-refractivity contribution in [2.75, 3.05) is 32.1 Å². The maximum Gasteiger partial charge on any atom is 0.445 e. The van der Waals surface area contributed by atoms with Crippen molar-refractivity contribution >= 4 is 22.4 Å². The Bertz CT molecular complexity index is 410. The summed E-state index contributed by atoms with van der Waals surface area (Å²) < 4.78 is 41.4. The summed E-state index contributed by atoms with van der Waals surface area (Å²) in [5.74, 6) is -0.217. The number of carbonyl (C=O) groups excluding carboxylic acids is 1. The summed E-state index contributed by atoms with van der Waals surface area (Å²) in [6.07, 6.45) is -4.36. The highest BCUT2D eigenvalue weighted by Gasteiger charge is 2.35. The maximum atomic E-state index is 12.2. The molecule has 1 rings (SSSR count). The Hall–Kier alpha value is -1.42. The molecule has 0 saturated heterocycles. The molecule has 1 aromatic heterocycles. The number of hydrogen-bond acceptors (Lipinski definition) is 6. The third-order valence-corrected chi connectivity index (χ3v) is 2.85. The van der Waals surface area contributed by atoms with Crippen molar-refractivity contribution in [3.63, 3.8) is 0 Å². The van der Waals surface area contributed by atoms with Gasteiger partial charge in [0.1, 0.15) is 0 Å². The van der Waals surface area contributed by atoms with Gasteiger partial charge in [0, 0.05) is 26.6 Å². The number of methoxy groups -OCH3 is 1. The second kappa shape index (κ2) is 7.24. The molecule has 0 saturated carbocycles. The van der Waals surface area contributed by atoms with Crippen molar-refractivity contribution in [2.24, 2.45) is 0 Å². The number of alkyl halides is 3. The van der Waals surface area contributed by atoms with Gasteiger partial charge in [-0.3, -0.25) is 4.79 Å². The number of nitrogens with one attached hydrogen (secondary N) is 2. The molecule has 0 aromatic carbocycles. The monoisotopic (exact) mass is 298 g/mol. The van der Waals surface area contributed by atoms with E-state index in [0.29, 0.717) is 24.5 Å². The molecule has 0 radical (unpaired) electrons. The lowest BCUT2D eigenvalue weighted by Crippen LogP contribution is -2.28. The fraction of sp³-hybridized carbons (Fsp3) is 0.667. The highest BCUT2D eigenvalue weighted by Crippen LogP contribution is 2.32. The lowest BCUT2D eigenvalue weighted by molar-refractivity contribution is -0.138. The van der Waals surface area contributed by atoms with E-state index in [2.05, 4.69) is 20.8 Å². The van der Waals surface area contributed by atoms with E-state index in [0.717, 1.165) is 0 Å². The Morgan fingerprint density at radius 2 is 2.11 bits per heavy atom. The first-order valence-corrected chi connectivity index (χ1v) is 6.15. The largest absolute Gasteiger partial charge is 0.445 e. The number of ether oxygens (including phenoxy) is 1. The van der Waals surface area contributed by atoms with E-state index in [1.165, 1.54) is 7.11 Å². The van der Waals surface area contributed by atoms with Crippen LogP contribution in [0.25, 0.3) is 0 Å². The van der Waals surface area contributed by atoms with Crippen LogP contribution in [0.1, 0.15) is 11.4 Å². The fourth-order valence-electron chi connectivity index (χ4n) is 1.07. The van der Waals surface area contributed by atoms with Crippen molar-refractivity contribution in [1.29, 1.82) is 0 Å². The van der Waals surface area contributed by atoms with Gasteiger partial charge in [-0.15, -0.1) is 10.2 Å². The zero-order chi connectivity index (χ0) is 14.3. The number of hydrogen-bond donors (Lipinski definition) is 2. The summed E-state index contributed by atoms with van der Waals surface area (Å²) in [6, 6.07) is 0. The Kier molecular flexibility index (Phi) is 5.96. The quantitative estimate of drug-likeness (QED) is 0.738. The summed E-state index contributed by atoms with van der Waals surface area (Å²) in [6.45, 7) is 0.988. The summed E-state index contributed by atoms with van der Waals surface area (Å²) in [5.41, 5.74) is 0. The molecule has 0 unspecified atom stereocenters. The van der Waals surface area contributed by atoms with E-state index >= 15 is 0 Å². The number of carbonyl (C=O) groups is 1. The Labute approximate surface area is 111 Å². The van der Waals surface area contributed by atoms with Crippen molar-refractivity contribution in [2.45, 2.75) is 12.6 Å². The van der Waals surface area contributed by atoms with Crippen LogP contribution in [0, 0.1) is 0 Å². The molecule has 0 aliphatic rings. The average Bonchev–Trinajstić information content (AvgIpc) is 2.78. The standard InChI is InChI=1S/C9H13F3N4O2S/c1-18-5-4-13-6(17)2-3-14-8-16-15-7(19-8)9(10,11)12/h2-5H2,1H3,(H,13,17)(H,14,16). The second-order valence-corrected chi connectivity index (χ2v) is 4.41. The summed E-state index contributed by atoms with van der Waals surface area (Å²) >= 11 is 0.403. The lowest BCUT2D eigenvalue weighted by atomic mass is 10.4. The lowest BCUT2D eigenvalue weighted by Gasteiger charge is -2.04. The molecule has 0 aliphatic carbocycles. The molecule has 0 spiro atoms. The molecule has 10 heteroatoms. The van der Waals surface area contributed by atoms with Crippen molar-refractivity contribution in [3.05, 3.63) is 5.01 Å². The van der Waals surface area contributed by atoms with Crippen LogP contribution >= 0.6 is 11.3 Å². The van der Waals surface area contributed by atoms with Gasteiger partial charge in [-0.05, 0) is 0 Å². The molecule has 1 amide bonds. The van der Waals surface area contributed by atoms with Crippen LogP contribution in [0.4, 0.5) is 18.3 Å². The van der Waals surface area contributed by atoms with E-state index < -0.39 is 11.2 Å². The summed E-state index contributed by atoms with van der Waals surface area (Å²) in [4.78, 5) is 11.3. The maximum absolute atomic E-state index is 12.2. The van der Waals surface area contributed by atoms with E-state index in [4.69, 9.17) is 4.74 Å². The molecule has 19 heavy (non-hydrogen) atoms. The number of rotatable bonds is 7. The highest BCUT2D eigenvalue weighted by atomic mass is 32.1. The van der Waals surface area contributed by atoms with Gasteiger partial charge in [-0.2, -0.15) is 13.2 Å². The third-order valence-electron chi connectivity index (χ3n) is 1.92.